The summed E-state index contributed by atoms with van der Waals surface area (Å²) in [5.41, 5.74) is 1.79. The topological polar surface area (TPSA) is 82.2 Å². The molecule has 31 heavy (non-hydrogen) atoms. The Morgan fingerprint density at radius 2 is 2.00 bits per heavy atom. The van der Waals surface area contributed by atoms with Gasteiger partial charge in [-0.25, -0.2) is 8.78 Å². The summed E-state index contributed by atoms with van der Waals surface area (Å²) in [6, 6.07) is 12.3. The summed E-state index contributed by atoms with van der Waals surface area (Å²) in [5.74, 6) is -0.806. The van der Waals surface area contributed by atoms with Crippen LogP contribution >= 0.6 is 0 Å². The number of rotatable bonds is 6. The minimum absolute atomic E-state index is 0.0489. The number of nitrogens with one attached hydrogen (secondary N) is 1. The third kappa shape index (κ3) is 4.30. The Morgan fingerprint density at radius 1 is 1.16 bits per heavy atom. The standard InChI is InChI=1S/C22H18F2N4O3/c1-13-5-7-15(11-16(13)23)25-20(29)12-28-9-3-4-18(28)22-26-21(27-31-22)14-6-8-19(30-2)17(24)10-14/h3-11H,12H2,1-2H3,(H,25,29). The third-order valence-corrected chi connectivity index (χ3v) is 4.65. The molecule has 9 heteroatoms. The molecule has 4 aromatic rings. The summed E-state index contributed by atoms with van der Waals surface area (Å²) in [5, 5.41) is 6.55. The van der Waals surface area contributed by atoms with Gasteiger partial charge in [-0.2, -0.15) is 4.98 Å². The molecule has 0 radical (unpaired) electrons. The van der Waals surface area contributed by atoms with Crippen molar-refractivity contribution in [3.8, 4) is 28.7 Å². The molecule has 0 bridgehead atoms. The van der Waals surface area contributed by atoms with E-state index < -0.39 is 11.6 Å². The Hall–Kier alpha value is -4.01. The fourth-order valence-corrected chi connectivity index (χ4v) is 3.02. The molecule has 1 N–H and O–H groups in total. The fourth-order valence-electron chi connectivity index (χ4n) is 3.02. The number of anilines is 1. The number of amides is 1. The number of ether oxygens (including phenoxy) is 1. The molecule has 0 atom stereocenters. The van der Waals surface area contributed by atoms with Gasteiger partial charge in [-0.1, -0.05) is 11.2 Å². The second-order valence-corrected chi connectivity index (χ2v) is 6.81. The van der Waals surface area contributed by atoms with Crippen molar-refractivity contribution in [2.75, 3.05) is 12.4 Å². The van der Waals surface area contributed by atoms with E-state index in [1.165, 1.54) is 25.3 Å². The number of halogens is 2. The first-order valence-corrected chi connectivity index (χ1v) is 9.33. The molecule has 2 aromatic carbocycles. The van der Waals surface area contributed by atoms with E-state index in [1.807, 2.05) is 0 Å². The van der Waals surface area contributed by atoms with Gasteiger partial charge in [-0.05, 0) is 55.0 Å². The highest BCUT2D eigenvalue weighted by atomic mass is 19.1. The average Bonchev–Trinajstić information content (AvgIpc) is 3.40. The summed E-state index contributed by atoms with van der Waals surface area (Å²) in [7, 11) is 1.38. The van der Waals surface area contributed by atoms with Crippen molar-refractivity contribution in [2.45, 2.75) is 13.5 Å². The van der Waals surface area contributed by atoms with E-state index in [9.17, 15) is 13.6 Å². The molecule has 2 aromatic heterocycles. The molecule has 2 heterocycles. The van der Waals surface area contributed by atoms with Crippen molar-refractivity contribution in [1.29, 1.82) is 0 Å². The van der Waals surface area contributed by atoms with Gasteiger partial charge in [0, 0.05) is 17.4 Å². The van der Waals surface area contributed by atoms with E-state index in [1.54, 1.807) is 48.0 Å². The number of benzene rings is 2. The summed E-state index contributed by atoms with van der Waals surface area (Å²) < 4.78 is 39.5. The van der Waals surface area contributed by atoms with E-state index in [0.29, 0.717) is 22.5 Å². The van der Waals surface area contributed by atoms with Gasteiger partial charge in [0.2, 0.25) is 11.7 Å². The lowest BCUT2D eigenvalue weighted by Crippen LogP contribution is -2.19. The van der Waals surface area contributed by atoms with Gasteiger partial charge in [0.15, 0.2) is 11.6 Å². The van der Waals surface area contributed by atoms with Gasteiger partial charge in [0.05, 0.1) is 7.11 Å². The number of methoxy groups -OCH3 is 1. The Bertz CT molecular complexity index is 1250. The van der Waals surface area contributed by atoms with Crippen LogP contribution in [0.3, 0.4) is 0 Å². The summed E-state index contributed by atoms with van der Waals surface area (Å²) >= 11 is 0. The largest absolute Gasteiger partial charge is 0.494 e. The summed E-state index contributed by atoms with van der Waals surface area (Å²) in [6.07, 6.45) is 1.68. The predicted molar refractivity (Wildman–Crippen MR) is 109 cm³/mol. The lowest BCUT2D eigenvalue weighted by Gasteiger charge is -2.09. The normalized spacial score (nSPS) is 10.8. The van der Waals surface area contributed by atoms with E-state index in [4.69, 9.17) is 9.26 Å². The maximum absolute atomic E-state index is 14.0. The molecule has 0 spiro atoms. The number of aromatic nitrogens is 3. The highest BCUT2D eigenvalue weighted by Gasteiger charge is 2.17. The number of hydrogen-bond acceptors (Lipinski definition) is 5. The molecule has 0 saturated heterocycles. The maximum Gasteiger partial charge on any atom is 0.274 e. The predicted octanol–water partition coefficient (Wildman–Crippen LogP) is 4.44. The molecule has 7 nitrogen and oxygen atoms in total. The second-order valence-electron chi connectivity index (χ2n) is 6.81. The molecular formula is C22H18F2N4O3. The fraction of sp³-hybridized carbons (Fsp3) is 0.136. The van der Waals surface area contributed by atoms with Crippen molar-refractivity contribution in [1.82, 2.24) is 14.7 Å². The Kier molecular flexibility index (Phi) is 5.48. The first-order chi connectivity index (χ1) is 14.9. The first kappa shape index (κ1) is 20.3. The van der Waals surface area contributed by atoms with Crippen LogP contribution in [0.25, 0.3) is 23.0 Å². The zero-order valence-corrected chi connectivity index (χ0v) is 16.7. The quantitative estimate of drug-likeness (QED) is 0.495. The number of carbonyl (C=O) groups is 1. The zero-order chi connectivity index (χ0) is 22.0. The van der Waals surface area contributed by atoms with Gasteiger partial charge in [0.25, 0.3) is 5.89 Å². The number of carbonyl (C=O) groups excluding carboxylic acids is 1. The van der Waals surface area contributed by atoms with Crippen LogP contribution < -0.4 is 10.1 Å². The van der Waals surface area contributed by atoms with Gasteiger partial charge in [-0.3, -0.25) is 4.79 Å². The smallest absolute Gasteiger partial charge is 0.274 e. The van der Waals surface area contributed by atoms with Crippen LogP contribution in [-0.4, -0.2) is 27.7 Å². The minimum atomic E-state index is -0.543. The van der Waals surface area contributed by atoms with Crippen molar-refractivity contribution >= 4 is 11.6 Å². The Balaban J connectivity index is 1.51. The van der Waals surface area contributed by atoms with Gasteiger partial charge in [0.1, 0.15) is 18.1 Å². The molecule has 1 amide bonds. The monoisotopic (exact) mass is 424 g/mol. The average molecular weight is 424 g/mol. The van der Waals surface area contributed by atoms with Crippen LogP contribution in [0.5, 0.6) is 5.75 Å². The van der Waals surface area contributed by atoms with Crippen molar-refractivity contribution in [3.63, 3.8) is 0 Å². The zero-order valence-electron chi connectivity index (χ0n) is 16.7. The van der Waals surface area contributed by atoms with Gasteiger partial charge in [-0.15, -0.1) is 0 Å². The van der Waals surface area contributed by atoms with E-state index in [2.05, 4.69) is 15.5 Å². The summed E-state index contributed by atoms with van der Waals surface area (Å²) in [6.45, 7) is 1.60. The highest BCUT2D eigenvalue weighted by Crippen LogP contribution is 2.26. The lowest BCUT2D eigenvalue weighted by atomic mass is 10.2. The lowest BCUT2D eigenvalue weighted by molar-refractivity contribution is -0.116. The van der Waals surface area contributed by atoms with Crippen LogP contribution in [0.4, 0.5) is 14.5 Å². The summed E-state index contributed by atoms with van der Waals surface area (Å²) in [4.78, 5) is 16.7. The van der Waals surface area contributed by atoms with Crippen LogP contribution in [0.1, 0.15) is 5.56 Å². The third-order valence-electron chi connectivity index (χ3n) is 4.65. The first-order valence-electron chi connectivity index (χ1n) is 9.33. The number of hydrogen-bond donors (Lipinski definition) is 1. The molecule has 0 unspecified atom stereocenters. The van der Waals surface area contributed by atoms with Crippen LogP contribution in [0, 0.1) is 18.6 Å². The van der Waals surface area contributed by atoms with Crippen molar-refractivity contribution in [3.05, 3.63) is 71.9 Å². The van der Waals surface area contributed by atoms with Crippen LogP contribution in [0.2, 0.25) is 0 Å². The molecule has 158 valence electrons. The SMILES string of the molecule is COc1ccc(-c2noc(-c3cccn3CC(=O)Nc3ccc(C)c(F)c3)n2)cc1F. The van der Waals surface area contributed by atoms with E-state index >= 15 is 0 Å². The van der Waals surface area contributed by atoms with Crippen molar-refractivity contribution in [2.24, 2.45) is 0 Å². The maximum atomic E-state index is 14.0. The molecule has 0 fully saturated rings. The molecular weight excluding hydrogens is 406 g/mol. The molecule has 0 aliphatic rings. The number of aryl methyl sites for hydroxylation is 1. The van der Waals surface area contributed by atoms with E-state index in [0.717, 1.165) is 0 Å². The molecule has 0 aliphatic carbocycles. The molecule has 0 aliphatic heterocycles. The van der Waals surface area contributed by atoms with E-state index in [-0.39, 0.29) is 29.9 Å². The minimum Gasteiger partial charge on any atom is -0.494 e. The van der Waals surface area contributed by atoms with Crippen LogP contribution in [0.15, 0.2) is 59.3 Å². The number of nitrogens with zero attached hydrogens (tertiary/aromatic N) is 3. The van der Waals surface area contributed by atoms with Gasteiger partial charge < -0.3 is 19.1 Å². The molecule has 4 rings (SSSR count). The Morgan fingerprint density at radius 3 is 2.74 bits per heavy atom. The van der Waals surface area contributed by atoms with Crippen molar-refractivity contribution < 1.29 is 22.8 Å². The van der Waals surface area contributed by atoms with Gasteiger partial charge >= 0.3 is 0 Å². The Labute approximate surface area is 176 Å². The molecule has 0 saturated carbocycles. The highest BCUT2D eigenvalue weighted by molar-refractivity contribution is 5.90. The van der Waals surface area contributed by atoms with Crippen LogP contribution in [-0.2, 0) is 11.3 Å². The second kappa shape index (κ2) is 8.39.